The minimum atomic E-state index is -0.385. The Bertz CT molecular complexity index is 2350. The topological polar surface area (TPSA) is 96.1 Å². The molecule has 0 bridgehead atoms. The van der Waals surface area contributed by atoms with E-state index in [1.165, 1.54) is 0 Å². The molecule has 4 aromatic carbocycles. The lowest BCUT2D eigenvalue weighted by atomic mass is 10.0. The minimum absolute atomic E-state index is 0.385. The molecule has 220 valence electrons. The molecule has 0 aliphatic carbocycles. The van der Waals surface area contributed by atoms with Crippen LogP contribution in [0.15, 0.2) is 115 Å². The fourth-order valence-electron chi connectivity index (χ4n) is 6.40. The molecule has 8 nitrogen and oxygen atoms in total. The van der Waals surface area contributed by atoms with Gasteiger partial charge in [0.25, 0.3) is 0 Å². The Balaban J connectivity index is 1.24. The summed E-state index contributed by atoms with van der Waals surface area (Å²) >= 11 is 0. The molecule has 0 aliphatic rings. The zero-order valence-electron chi connectivity index (χ0n) is 24.8. The van der Waals surface area contributed by atoms with Crippen LogP contribution in [0.5, 0.6) is 0 Å². The van der Waals surface area contributed by atoms with Gasteiger partial charge in [0.2, 0.25) is 0 Å². The first-order chi connectivity index (χ1) is 21.9. The maximum atomic E-state index is 13.0. The van der Waals surface area contributed by atoms with Crippen molar-refractivity contribution in [3.63, 3.8) is 0 Å². The molecule has 0 atom stereocenters. The maximum Gasteiger partial charge on any atom is 0.347 e. The third-order valence-electron chi connectivity index (χ3n) is 8.43. The molecular formula is C37H28N4O4. The first-order valence-corrected chi connectivity index (χ1v) is 14.9. The predicted molar refractivity (Wildman–Crippen MR) is 175 cm³/mol. The van der Waals surface area contributed by atoms with Crippen molar-refractivity contribution >= 4 is 43.7 Å². The van der Waals surface area contributed by atoms with Crippen LogP contribution >= 0.6 is 0 Å². The number of aromatic nitrogens is 4. The van der Waals surface area contributed by atoms with Gasteiger partial charge in [-0.25, -0.2) is 9.59 Å². The van der Waals surface area contributed by atoms with Crippen molar-refractivity contribution in [1.29, 1.82) is 0 Å². The van der Waals surface area contributed by atoms with Crippen molar-refractivity contribution < 1.29 is 8.83 Å². The third kappa shape index (κ3) is 4.62. The highest BCUT2D eigenvalue weighted by Gasteiger charge is 2.19. The summed E-state index contributed by atoms with van der Waals surface area (Å²) < 4.78 is 15.3. The van der Waals surface area contributed by atoms with E-state index in [9.17, 15) is 9.59 Å². The molecular weight excluding hydrogens is 564 g/mol. The highest BCUT2D eigenvalue weighted by molar-refractivity contribution is 6.04. The zero-order valence-corrected chi connectivity index (χ0v) is 24.8. The van der Waals surface area contributed by atoms with Crippen molar-refractivity contribution in [3.8, 4) is 0 Å². The lowest BCUT2D eigenvalue weighted by molar-refractivity contribution is 0.569. The smallest absolute Gasteiger partial charge is 0.347 e. The summed E-state index contributed by atoms with van der Waals surface area (Å²) in [5, 5.41) is 12.1. The molecule has 0 N–H and O–H groups in total. The molecule has 0 unspecified atom stereocenters. The van der Waals surface area contributed by atoms with Crippen LogP contribution in [-0.2, 0) is 19.5 Å². The highest BCUT2D eigenvalue weighted by Crippen LogP contribution is 2.30. The quantitative estimate of drug-likeness (QED) is 0.195. The van der Waals surface area contributed by atoms with Gasteiger partial charge in [0.1, 0.15) is 21.9 Å². The monoisotopic (exact) mass is 592 g/mol. The fourth-order valence-corrected chi connectivity index (χ4v) is 6.40. The van der Waals surface area contributed by atoms with Gasteiger partial charge in [-0.3, -0.25) is 9.36 Å². The summed E-state index contributed by atoms with van der Waals surface area (Å²) in [7, 11) is 0. The van der Waals surface area contributed by atoms with Gasteiger partial charge in [-0.2, -0.15) is 10.2 Å². The Labute approximate surface area is 256 Å². The molecule has 0 spiro atoms. The summed E-state index contributed by atoms with van der Waals surface area (Å²) in [5.74, 6) is 0. The van der Waals surface area contributed by atoms with Crippen LogP contribution in [0.1, 0.15) is 33.6 Å². The Hall–Kier alpha value is -5.76. The van der Waals surface area contributed by atoms with Crippen LogP contribution in [0.4, 0.5) is 0 Å². The number of hydrogen-bond donors (Lipinski definition) is 0. The second-order valence-electron chi connectivity index (χ2n) is 11.5. The van der Waals surface area contributed by atoms with Gasteiger partial charge in [-0.05, 0) is 66.8 Å². The number of rotatable bonds is 6. The molecule has 8 rings (SSSR count). The summed E-state index contributed by atoms with van der Waals surface area (Å²) in [6.07, 6.45) is 0.616. The van der Waals surface area contributed by atoms with Crippen LogP contribution in [0.2, 0.25) is 0 Å². The minimum Gasteiger partial charge on any atom is -0.422 e. The van der Waals surface area contributed by atoms with E-state index in [0.717, 1.165) is 44.1 Å². The number of aryl methyl sites for hydroxylation is 2. The van der Waals surface area contributed by atoms with E-state index < -0.39 is 0 Å². The van der Waals surface area contributed by atoms with Crippen molar-refractivity contribution in [3.05, 3.63) is 152 Å². The second kappa shape index (κ2) is 10.4. The van der Waals surface area contributed by atoms with Crippen LogP contribution in [-0.4, -0.2) is 19.6 Å². The van der Waals surface area contributed by atoms with Crippen LogP contribution in [0, 0.1) is 13.8 Å². The lowest BCUT2D eigenvalue weighted by Crippen LogP contribution is -2.05. The average Bonchev–Trinajstić information content (AvgIpc) is 3.55. The number of nitrogens with zero attached hydrogens (tertiary/aromatic N) is 4. The summed E-state index contributed by atoms with van der Waals surface area (Å²) in [6, 6.07) is 32.0. The summed E-state index contributed by atoms with van der Waals surface area (Å²) in [5.41, 5.74) is 7.38. The Morgan fingerprint density at radius 1 is 0.556 bits per heavy atom. The first kappa shape index (κ1) is 26.8. The number of fused-ring (bicyclic) bond motifs is 6. The molecule has 0 fully saturated rings. The van der Waals surface area contributed by atoms with Gasteiger partial charge >= 0.3 is 11.3 Å². The molecule has 0 saturated carbocycles. The number of hydrogen-bond acceptors (Lipinski definition) is 6. The van der Waals surface area contributed by atoms with Crippen LogP contribution < -0.4 is 11.3 Å². The van der Waals surface area contributed by atoms with Crippen LogP contribution in [0.3, 0.4) is 0 Å². The first-order valence-electron chi connectivity index (χ1n) is 14.9. The highest BCUT2D eigenvalue weighted by atomic mass is 16.4. The molecule has 0 aliphatic heterocycles. The van der Waals surface area contributed by atoms with Gasteiger partial charge in [-0.1, -0.05) is 72.8 Å². The van der Waals surface area contributed by atoms with Gasteiger partial charge in [0.05, 0.1) is 35.5 Å². The fraction of sp³-hybridized carbons (Fsp3) is 0.135. The Morgan fingerprint density at radius 3 is 1.40 bits per heavy atom. The van der Waals surface area contributed by atoms with E-state index in [1.807, 2.05) is 108 Å². The van der Waals surface area contributed by atoms with Crippen molar-refractivity contribution in [2.45, 2.75) is 33.4 Å². The third-order valence-corrected chi connectivity index (χ3v) is 8.43. The lowest BCUT2D eigenvalue weighted by Gasteiger charge is -2.09. The molecule has 0 radical (unpaired) electrons. The second-order valence-corrected chi connectivity index (χ2v) is 11.5. The van der Waals surface area contributed by atoms with Gasteiger partial charge < -0.3 is 8.83 Å². The van der Waals surface area contributed by atoms with E-state index in [0.29, 0.717) is 52.8 Å². The SMILES string of the molecule is Cc1nn(Cc2ccccc2)c2c1c(=O)oc1ccc(Cc3ccc4oc(=O)c5c(C)nn(Cc6ccccc6)c5c4c3)cc12. The zero-order chi connectivity index (χ0) is 30.7. The van der Waals surface area contributed by atoms with Gasteiger partial charge in [0.15, 0.2) is 0 Å². The van der Waals surface area contributed by atoms with Crippen molar-refractivity contribution in [1.82, 2.24) is 19.6 Å². The van der Waals surface area contributed by atoms with Crippen LogP contribution in [0.25, 0.3) is 43.7 Å². The molecule has 4 aromatic heterocycles. The summed E-state index contributed by atoms with van der Waals surface area (Å²) in [6.45, 7) is 4.76. The van der Waals surface area contributed by atoms with Gasteiger partial charge in [0, 0.05) is 10.8 Å². The molecule has 4 heterocycles. The molecule has 8 heteroatoms. The largest absolute Gasteiger partial charge is 0.422 e. The van der Waals surface area contributed by atoms with E-state index in [2.05, 4.69) is 12.1 Å². The van der Waals surface area contributed by atoms with Gasteiger partial charge in [-0.15, -0.1) is 0 Å². The molecule has 45 heavy (non-hydrogen) atoms. The van der Waals surface area contributed by atoms with E-state index in [-0.39, 0.29) is 11.3 Å². The van der Waals surface area contributed by atoms with E-state index >= 15 is 0 Å². The normalized spacial score (nSPS) is 11.8. The Morgan fingerprint density at radius 2 is 0.978 bits per heavy atom. The summed E-state index contributed by atoms with van der Waals surface area (Å²) in [4.78, 5) is 26.0. The van der Waals surface area contributed by atoms with Crippen molar-refractivity contribution in [2.75, 3.05) is 0 Å². The predicted octanol–water partition coefficient (Wildman–Crippen LogP) is 6.90. The molecule has 8 aromatic rings. The standard InChI is InChI=1S/C37H28N4O4/c1-22-32-34(40(38-22)20-24-9-5-3-6-10-24)28-18-26(13-15-30(28)44-36(32)42)17-27-14-16-31-29(19-27)35-33(37(43)45-31)23(2)39-41(35)21-25-11-7-4-8-12-25/h3-16,18-19H,17,20-21H2,1-2H3. The van der Waals surface area contributed by atoms with E-state index in [4.69, 9.17) is 19.0 Å². The number of benzene rings is 4. The molecule has 0 saturated heterocycles. The Kier molecular flexibility index (Phi) is 6.23. The maximum absolute atomic E-state index is 13.0. The van der Waals surface area contributed by atoms with E-state index in [1.54, 1.807) is 0 Å². The molecule has 0 amide bonds. The van der Waals surface area contributed by atoms with Crippen molar-refractivity contribution in [2.24, 2.45) is 0 Å². The average molecular weight is 593 g/mol.